The number of hydrogen-bond donors (Lipinski definition) is 1. The van der Waals surface area contributed by atoms with E-state index < -0.39 is 0 Å². The third-order valence-electron chi connectivity index (χ3n) is 2.59. The van der Waals surface area contributed by atoms with E-state index in [0.29, 0.717) is 11.8 Å². The SMILES string of the molecule is CCC(NC)c1nnc(-c2sc(C)nc2C)o1. The van der Waals surface area contributed by atoms with Crippen LogP contribution in [0.2, 0.25) is 0 Å². The van der Waals surface area contributed by atoms with E-state index in [9.17, 15) is 0 Å². The fourth-order valence-electron chi connectivity index (χ4n) is 1.70. The Kier molecular flexibility index (Phi) is 3.54. The van der Waals surface area contributed by atoms with E-state index >= 15 is 0 Å². The Hall–Kier alpha value is -1.27. The van der Waals surface area contributed by atoms with E-state index in [0.717, 1.165) is 22.0 Å². The van der Waals surface area contributed by atoms with Crippen LogP contribution in [0, 0.1) is 13.8 Å². The van der Waals surface area contributed by atoms with Crippen molar-refractivity contribution in [2.45, 2.75) is 33.2 Å². The summed E-state index contributed by atoms with van der Waals surface area (Å²) in [6.07, 6.45) is 0.916. The summed E-state index contributed by atoms with van der Waals surface area (Å²) in [7, 11) is 1.89. The van der Waals surface area contributed by atoms with Gasteiger partial charge in [0.25, 0.3) is 5.89 Å². The van der Waals surface area contributed by atoms with Crippen molar-refractivity contribution in [3.63, 3.8) is 0 Å². The Balaban J connectivity index is 2.32. The van der Waals surface area contributed by atoms with E-state index in [1.807, 2.05) is 20.9 Å². The van der Waals surface area contributed by atoms with E-state index in [1.54, 1.807) is 11.3 Å². The smallest absolute Gasteiger partial charge is 0.259 e. The lowest BCUT2D eigenvalue weighted by Crippen LogP contribution is -2.15. The molecule has 1 N–H and O–H groups in total. The zero-order valence-corrected chi connectivity index (χ0v) is 11.3. The van der Waals surface area contributed by atoms with Crippen molar-refractivity contribution in [3.8, 4) is 10.8 Å². The van der Waals surface area contributed by atoms with Crippen molar-refractivity contribution in [1.29, 1.82) is 0 Å². The van der Waals surface area contributed by atoms with Gasteiger partial charge < -0.3 is 9.73 Å². The maximum absolute atomic E-state index is 5.69. The predicted molar refractivity (Wildman–Crippen MR) is 67.0 cm³/mol. The van der Waals surface area contributed by atoms with Crippen LogP contribution < -0.4 is 5.32 Å². The van der Waals surface area contributed by atoms with Gasteiger partial charge in [0.15, 0.2) is 0 Å². The van der Waals surface area contributed by atoms with Crippen molar-refractivity contribution in [3.05, 3.63) is 16.6 Å². The molecule has 5 nitrogen and oxygen atoms in total. The first kappa shape index (κ1) is 12.2. The first-order valence-electron chi connectivity index (χ1n) is 5.60. The van der Waals surface area contributed by atoms with E-state index in [4.69, 9.17) is 4.42 Å². The van der Waals surface area contributed by atoms with Gasteiger partial charge in [-0.15, -0.1) is 21.5 Å². The molecule has 0 saturated heterocycles. The lowest BCUT2D eigenvalue weighted by molar-refractivity contribution is 0.415. The monoisotopic (exact) mass is 252 g/mol. The molecule has 0 saturated carbocycles. The molecular formula is C11H16N4OS. The number of rotatable bonds is 4. The summed E-state index contributed by atoms with van der Waals surface area (Å²) in [5, 5.41) is 12.3. The molecule has 2 heterocycles. The van der Waals surface area contributed by atoms with Gasteiger partial charge in [-0.2, -0.15) is 0 Å². The maximum atomic E-state index is 5.69. The average molecular weight is 252 g/mol. The second kappa shape index (κ2) is 4.93. The molecule has 0 spiro atoms. The Bertz CT molecular complexity index is 501. The molecule has 0 aromatic carbocycles. The van der Waals surface area contributed by atoms with Crippen LogP contribution in [-0.2, 0) is 0 Å². The van der Waals surface area contributed by atoms with Gasteiger partial charge in [0.2, 0.25) is 5.89 Å². The van der Waals surface area contributed by atoms with Crippen LogP contribution in [0.4, 0.5) is 0 Å². The molecule has 0 aliphatic heterocycles. The van der Waals surface area contributed by atoms with Gasteiger partial charge in [0.1, 0.15) is 4.88 Å². The first-order chi connectivity index (χ1) is 8.15. The molecule has 0 radical (unpaired) electrons. The molecule has 0 amide bonds. The Labute approximate surface area is 104 Å². The van der Waals surface area contributed by atoms with Gasteiger partial charge >= 0.3 is 0 Å². The molecule has 6 heteroatoms. The number of thiazole rings is 1. The highest BCUT2D eigenvalue weighted by Crippen LogP contribution is 2.29. The zero-order chi connectivity index (χ0) is 12.4. The zero-order valence-electron chi connectivity index (χ0n) is 10.4. The molecule has 17 heavy (non-hydrogen) atoms. The third kappa shape index (κ3) is 2.37. The molecule has 1 unspecified atom stereocenters. The summed E-state index contributed by atoms with van der Waals surface area (Å²) in [6, 6.07) is 0.116. The molecule has 0 aliphatic carbocycles. The second-order valence-electron chi connectivity index (χ2n) is 3.84. The van der Waals surface area contributed by atoms with Gasteiger partial charge in [0, 0.05) is 0 Å². The van der Waals surface area contributed by atoms with Gasteiger partial charge in [0.05, 0.1) is 16.7 Å². The lowest BCUT2D eigenvalue weighted by atomic mass is 10.2. The highest BCUT2D eigenvalue weighted by Gasteiger charge is 2.18. The molecule has 0 aliphatic rings. The summed E-state index contributed by atoms with van der Waals surface area (Å²) >= 11 is 1.58. The van der Waals surface area contributed by atoms with Gasteiger partial charge in [-0.25, -0.2) is 4.98 Å². The Morgan fingerprint density at radius 1 is 1.35 bits per heavy atom. The topological polar surface area (TPSA) is 63.8 Å². The molecule has 0 bridgehead atoms. The maximum Gasteiger partial charge on any atom is 0.259 e. The van der Waals surface area contributed by atoms with Crippen LogP contribution in [0.15, 0.2) is 4.42 Å². The largest absolute Gasteiger partial charge is 0.418 e. The summed E-state index contributed by atoms with van der Waals surface area (Å²) in [6.45, 7) is 6.01. The van der Waals surface area contributed by atoms with E-state index in [1.165, 1.54) is 0 Å². The fraction of sp³-hybridized carbons (Fsp3) is 0.545. The minimum atomic E-state index is 0.116. The van der Waals surface area contributed by atoms with E-state index in [2.05, 4.69) is 27.4 Å². The second-order valence-corrected chi connectivity index (χ2v) is 5.05. The van der Waals surface area contributed by atoms with Crippen molar-refractivity contribution >= 4 is 11.3 Å². The van der Waals surface area contributed by atoms with Gasteiger partial charge in [-0.1, -0.05) is 6.92 Å². The summed E-state index contributed by atoms with van der Waals surface area (Å²) < 4.78 is 5.69. The molecule has 1 atom stereocenters. The van der Waals surface area contributed by atoms with Crippen LogP contribution in [0.5, 0.6) is 0 Å². The van der Waals surface area contributed by atoms with Gasteiger partial charge in [-0.3, -0.25) is 0 Å². The molecule has 0 fully saturated rings. The molecule has 92 valence electrons. The molecular weight excluding hydrogens is 236 g/mol. The van der Waals surface area contributed by atoms with Crippen molar-refractivity contribution in [1.82, 2.24) is 20.5 Å². The number of hydrogen-bond acceptors (Lipinski definition) is 6. The van der Waals surface area contributed by atoms with Crippen LogP contribution >= 0.6 is 11.3 Å². The number of nitrogens with one attached hydrogen (secondary N) is 1. The molecule has 2 aromatic rings. The van der Waals surface area contributed by atoms with Crippen LogP contribution in [0.3, 0.4) is 0 Å². The van der Waals surface area contributed by atoms with Crippen molar-refractivity contribution < 1.29 is 4.42 Å². The Morgan fingerprint density at radius 2 is 2.12 bits per heavy atom. The Morgan fingerprint density at radius 3 is 2.65 bits per heavy atom. The average Bonchev–Trinajstić information content (AvgIpc) is 2.87. The third-order valence-corrected chi connectivity index (χ3v) is 3.65. The van der Waals surface area contributed by atoms with Crippen molar-refractivity contribution in [2.75, 3.05) is 7.05 Å². The summed E-state index contributed by atoms with van der Waals surface area (Å²) in [4.78, 5) is 5.32. The number of aromatic nitrogens is 3. The highest BCUT2D eigenvalue weighted by molar-refractivity contribution is 7.15. The lowest BCUT2D eigenvalue weighted by Gasteiger charge is -2.06. The highest BCUT2D eigenvalue weighted by atomic mass is 32.1. The molecule has 2 aromatic heterocycles. The first-order valence-corrected chi connectivity index (χ1v) is 6.42. The van der Waals surface area contributed by atoms with Crippen LogP contribution in [-0.4, -0.2) is 22.2 Å². The minimum absolute atomic E-state index is 0.116. The van der Waals surface area contributed by atoms with Crippen molar-refractivity contribution in [2.24, 2.45) is 0 Å². The summed E-state index contributed by atoms with van der Waals surface area (Å²) in [5.74, 6) is 1.20. The fourth-order valence-corrected chi connectivity index (χ4v) is 2.54. The predicted octanol–water partition coefficient (Wildman–Crippen LogP) is 2.48. The number of nitrogens with zero attached hydrogens (tertiary/aromatic N) is 3. The minimum Gasteiger partial charge on any atom is -0.418 e. The van der Waals surface area contributed by atoms with Crippen LogP contribution in [0.25, 0.3) is 10.8 Å². The molecule has 2 rings (SSSR count). The quantitative estimate of drug-likeness (QED) is 0.905. The normalized spacial score (nSPS) is 12.9. The van der Waals surface area contributed by atoms with Crippen LogP contribution in [0.1, 0.15) is 36.0 Å². The van der Waals surface area contributed by atoms with E-state index in [-0.39, 0.29) is 6.04 Å². The standard InChI is InChI=1S/C11H16N4OS/c1-5-8(12-4)10-14-15-11(16-10)9-6(2)13-7(3)17-9/h8,12H,5H2,1-4H3. The van der Waals surface area contributed by atoms with Gasteiger partial charge in [-0.05, 0) is 27.3 Å². The summed E-state index contributed by atoms with van der Waals surface area (Å²) in [5.41, 5.74) is 0.945. The number of aryl methyl sites for hydroxylation is 2.